The van der Waals surface area contributed by atoms with Gasteiger partial charge in [-0.1, -0.05) is 96.8 Å². The third-order valence-corrected chi connectivity index (χ3v) is 5.54. The van der Waals surface area contributed by atoms with Crippen LogP contribution in [-0.2, 0) is 0 Å². The van der Waals surface area contributed by atoms with E-state index in [9.17, 15) is 0 Å². The van der Waals surface area contributed by atoms with Crippen molar-refractivity contribution in [3.05, 3.63) is 12.4 Å². The summed E-state index contributed by atoms with van der Waals surface area (Å²) in [5, 5.41) is 0. The fourth-order valence-corrected chi connectivity index (χ4v) is 3.80. The average molecular weight is 337 g/mol. The quantitative estimate of drug-likeness (QED) is 0.282. The Morgan fingerprint density at radius 3 is 1.25 bits per heavy atom. The molecule has 24 heavy (non-hydrogen) atoms. The van der Waals surface area contributed by atoms with Crippen LogP contribution in [0.3, 0.4) is 0 Å². The van der Waals surface area contributed by atoms with Crippen molar-refractivity contribution in [3.8, 4) is 0 Å². The van der Waals surface area contributed by atoms with E-state index in [1.807, 2.05) is 0 Å². The summed E-state index contributed by atoms with van der Waals surface area (Å²) in [6.07, 6.45) is 28.0. The van der Waals surface area contributed by atoms with Crippen LogP contribution < -0.4 is 0 Å². The standard InChI is InChI=1S/C22H44N2/c1-4-5-6-7-8-9-10-11-12-13-14-15-16-17-18-19-22-23(2)20-21-24(22)3/h20-22H,4-19H2,1-3H3. The van der Waals surface area contributed by atoms with Gasteiger partial charge in [0.05, 0.1) is 0 Å². The van der Waals surface area contributed by atoms with E-state index in [1.54, 1.807) is 0 Å². The molecule has 2 heteroatoms. The molecule has 0 atom stereocenters. The summed E-state index contributed by atoms with van der Waals surface area (Å²) < 4.78 is 0. The monoisotopic (exact) mass is 336 g/mol. The molecule has 0 saturated carbocycles. The maximum Gasteiger partial charge on any atom is 0.100 e. The molecule has 142 valence electrons. The van der Waals surface area contributed by atoms with E-state index in [2.05, 4.69) is 43.2 Å². The number of rotatable bonds is 16. The smallest absolute Gasteiger partial charge is 0.100 e. The highest BCUT2D eigenvalue weighted by atomic mass is 15.4. The number of hydrogen-bond donors (Lipinski definition) is 0. The molecule has 1 heterocycles. The predicted octanol–water partition coefficient (Wildman–Crippen LogP) is 6.92. The molecule has 0 aromatic rings. The van der Waals surface area contributed by atoms with Gasteiger partial charge in [0.1, 0.15) is 6.17 Å². The lowest BCUT2D eigenvalue weighted by atomic mass is 10.0. The lowest BCUT2D eigenvalue weighted by Gasteiger charge is -2.27. The van der Waals surface area contributed by atoms with Crippen LogP contribution in [0, 0.1) is 0 Å². The van der Waals surface area contributed by atoms with Crippen molar-refractivity contribution in [2.45, 2.75) is 116 Å². The van der Waals surface area contributed by atoms with Gasteiger partial charge in [-0.3, -0.25) is 0 Å². The molecule has 0 saturated heterocycles. The highest BCUT2D eigenvalue weighted by Gasteiger charge is 2.18. The molecule has 0 N–H and O–H groups in total. The molecule has 0 bridgehead atoms. The fourth-order valence-electron chi connectivity index (χ4n) is 3.80. The zero-order valence-electron chi connectivity index (χ0n) is 16.9. The topological polar surface area (TPSA) is 6.48 Å². The summed E-state index contributed by atoms with van der Waals surface area (Å²) in [7, 11) is 4.38. The predicted molar refractivity (Wildman–Crippen MR) is 108 cm³/mol. The second kappa shape index (κ2) is 14.7. The van der Waals surface area contributed by atoms with Crippen molar-refractivity contribution in [1.29, 1.82) is 0 Å². The Morgan fingerprint density at radius 1 is 0.542 bits per heavy atom. The van der Waals surface area contributed by atoms with Gasteiger partial charge in [0, 0.05) is 26.5 Å². The Hall–Kier alpha value is -0.660. The lowest BCUT2D eigenvalue weighted by Crippen LogP contribution is -2.33. The van der Waals surface area contributed by atoms with Gasteiger partial charge in [-0.2, -0.15) is 0 Å². The van der Waals surface area contributed by atoms with Gasteiger partial charge >= 0.3 is 0 Å². The second-order valence-corrected chi connectivity index (χ2v) is 7.85. The van der Waals surface area contributed by atoms with Crippen LogP contribution in [0.5, 0.6) is 0 Å². The van der Waals surface area contributed by atoms with E-state index >= 15 is 0 Å². The summed E-state index contributed by atoms with van der Waals surface area (Å²) in [4.78, 5) is 4.67. The van der Waals surface area contributed by atoms with Gasteiger partial charge in [0.25, 0.3) is 0 Å². The van der Waals surface area contributed by atoms with Crippen molar-refractivity contribution in [2.75, 3.05) is 14.1 Å². The second-order valence-electron chi connectivity index (χ2n) is 7.85. The van der Waals surface area contributed by atoms with Crippen molar-refractivity contribution >= 4 is 0 Å². The molecular formula is C22H44N2. The van der Waals surface area contributed by atoms with Gasteiger partial charge in [-0.05, 0) is 12.8 Å². The first-order valence-corrected chi connectivity index (χ1v) is 10.9. The minimum Gasteiger partial charge on any atom is -0.359 e. The van der Waals surface area contributed by atoms with Crippen LogP contribution in [0.1, 0.15) is 110 Å². The Bertz CT molecular complexity index is 288. The highest BCUT2D eigenvalue weighted by molar-refractivity contribution is 4.93. The third kappa shape index (κ3) is 10.3. The Morgan fingerprint density at radius 2 is 0.875 bits per heavy atom. The molecule has 2 nitrogen and oxygen atoms in total. The highest BCUT2D eigenvalue weighted by Crippen LogP contribution is 2.19. The van der Waals surface area contributed by atoms with Crippen LogP contribution in [0.25, 0.3) is 0 Å². The molecule has 0 radical (unpaired) electrons. The lowest BCUT2D eigenvalue weighted by molar-refractivity contribution is 0.188. The summed E-state index contributed by atoms with van der Waals surface area (Å²) in [5.74, 6) is 0. The molecule has 0 fully saturated rings. The Labute approximate surface area is 152 Å². The zero-order chi connectivity index (χ0) is 17.5. The van der Waals surface area contributed by atoms with Crippen LogP contribution >= 0.6 is 0 Å². The third-order valence-electron chi connectivity index (χ3n) is 5.54. The molecule has 0 aromatic carbocycles. The van der Waals surface area contributed by atoms with E-state index in [-0.39, 0.29) is 0 Å². The first kappa shape index (κ1) is 21.4. The normalized spacial score (nSPS) is 15.0. The SMILES string of the molecule is CCCCCCCCCCCCCCCCCC1N(C)C=CN1C. The zero-order valence-corrected chi connectivity index (χ0v) is 16.9. The van der Waals surface area contributed by atoms with E-state index in [0.29, 0.717) is 6.17 Å². The first-order valence-electron chi connectivity index (χ1n) is 10.9. The molecule has 1 aliphatic heterocycles. The van der Waals surface area contributed by atoms with E-state index in [4.69, 9.17) is 0 Å². The maximum atomic E-state index is 2.34. The minimum absolute atomic E-state index is 0.604. The first-order chi connectivity index (χ1) is 11.8. The largest absolute Gasteiger partial charge is 0.359 e. The Balaban J connectivity index is 1.74. The molecular weight excluding hydrogens is 292 g/mol. The molecule has 0 unspecified atom stereocenters. The van der Waals surface area contributed by atoms with E-state index in [1.165, 1.54) is 103 Å². The van der Waals surface area contributed by atoms with Crippen LogP contribution in [0.4, 0.5) is 0 Å². The molecule has 0 aliphatic carbocycles. The van der Waals surface area contributed by atoms with Crippen molar-refractivity contribution in [3.63, 3.8) is 0 Å². The minimum atomic E-state index is 0.604. The maximum absolute atomic E-state index is 2.34. The molecule has 0 aromatic heterocycles. The van der Waals surface area contributed by atoms with Crippen LogP contribution in [0.2, 0.25) is 0 Å². The molecule has 0 amide bonds. The summed E-state index contributed by atoms with van der Waals surface area (Å²) in [6.45, 7) is 2.30. The van der Waals surface area contributed by atoms with Crippen LogP contribution in [0.15, 0.2) is 12.4 Å². The van der Waals surface area contributed by atoms with Crippen molar-refractivity contribution < 1.29 is 0 Å². The van der Waals surface area contributed by atoms with Crippen LogP contribution in [-0.4, -0.2) is 30.1 Å². The van der Waals surface area contributed by atoms with Gasteiger partial charge in [0.15, 0.2) is 0 Å². The summed E-state index contributed by atoms with van der Waals surface area (Å²) in [6, 6.07) is 0. The van der Waals surface area contributed by atoms with Crippen molar-refractivity contribution in [1.82, 2.24) is 9.80 Å². The summed E-state index contributed by atoms with van der Waals surface area (Å²) >= 11 is 0. The average Bonchev–Trinajstić information content (AvgIpc) is 2.90. The van der Waals surface area contributed by atoms with Gasteiger partial charge < -0.3 is 9.80 Å². The molecule has 1 aliphatic rings. The van der Waals surface area contributed by atoms with E-state index in [0.717, 1.165) is 0 Å². The molecule has 0 spiro atoms. The number of nitrogens with zero attached hydrogens (tertiary/aromatic N) is 2. The van der Waals surface area contributed by atoms with Crippen molar-refractivity contribution in [2.24, 2.45) is 0 Å². The fraction of sp³-hybridized carbons (Fsp3) is 0.909. The van der Waals surface area contributed by atoms with Gasteiger partial charge in [-0.15, -0.1) is 0 Å². The molecule has 1 rings (SSSR count). The van der Waals surface area contributed by atoms with Gasteiger partial charge in [0.2, 0.25) is 0 Å². The number of unbranched alkanes of at least 4 members (excludes halogenated alkanes) is 14. The summed E-state index contributed by atoms with van der Waals surface area (Å²) in [5.41, 5.74) is 0. The van der Waals surface area contributed by atoms with Gasteiger partial charge in [-0.25, -0.2) is 0 Å². The number of hydrogen-bond acceptors (Lipinski definition) is 2. The van der Waals surface area contributed by atoms with E-state index < -0.39 is 0 Å². The Kier molecular flexibility index (Phi) is 13.1.